The molecule has 9 heteroatoms. The Morgan fingerprint density at radius 2 is 1.79 bits per heavy atom. The number of ether oxygens (including phenoxy) is 1. The fourth-order valence-corrected chi connectivity index (χ4v) is 5.75. The third-order valence-corrected chi connectivity index (χ3v) is 7.82. The van der Waals surface area contributed by atoms with Crippen molar-refractivity contribution in [2.75, 3.05) is 6.61 Å². The fraction of sp³-hybridized carbons (Fsp3) is 0.276. The molecule has 1 saturated carbocycles. The smallest absolute Gasteiger partial charge is 0.344 e. The van der Waals surface area contributed by atoms with Gasteiger partial charge < -0.3 is 9.15 Å². The summed E-state index contributed by atoms with van der Waals surface area (Å²) in [5, 5.41) is -0.0482. The van der Waals surface area contributed by atoms with E-state index in [-0.39, 0.29) is 38.9 Å². The van der Waals surface area contributed by atoms with Gasteiger partial charge in [-0.25, -0.2) is 21.9 Å². The van der Waals surface area contributed by atoms with Crippen LogP contribution in [0.4, 0.5) is 13.2 Å². The maximum atomic E-state index is 15.4. The van der Waals surface area contributed by atoms with Gasteiger partial charge in [0.25, 0.3) is 0 Å². The molecule has 5 aromatic rings. The fourth-order valence-electron chi connectivity index (χ4n) is 4.45. The molecule has 0 aliphatic heterocycles. The predicted molar refractivity (Wildman–Crippen MR) is 144 cm³/mol. The third kappa shape index (κ3) is 4.65. The lowest BCUT2D eigenvalue weighted by atomic mass is 10.2. The summed E-state index contributed by atoms with van der Waals surface area (Å²) in [6, 6.07) is 15.4. The quantitative estimate of drug-likeness (QED) is 0.216. The number of fused-ring (bicyclic) bond motifs is 3. The monoisotopic (exact) mass is 540 g/mol. The van der Waals surface area contributed by atoms with Gasteiger partial charge in [0.05, 0.1) is 30.6 Å². The second kappa shape index (κ2) is 10.7. The van der Waals surface area contributed by atoms with E-state index in [1.165, 1.54) is 40.4 Å². The Morgan fingerprint density at radius 1 is 1.03 bits per heavy atom. The Morgan fingerprint density at radius 3 is 2.53 bits per heavy atom. The first-order valence-corrected chi connectivity index (χ1v) is 13.3. The molecule has 2 atom stereocenters. The minimum absolute atomic E-state index is 0.0264. The number of furan rings is 1. The van der Waals surface area contributed by atoms with Crippen molar-refractivity contribution < 1.29 is 22.3 Å². The van der Waals surface area contributed by atoms with Crippen molar-refractivity contribution in [2.45, 2.75) is 39.0 Å². The van der Waals surface area contributed by atoms with Gasteiger partial charge in [0, 0.05) is 5.25 Å². The first kappa shape index (κ1) is 26.2. The molecule has 5 nitrogen and oxygen atoms in total. The van der Waals surface area contributed by atoms with Gasteiger partial charge in [-0.2, -0.15) is 0 Å². The number of hydrogen-bond donors (Lipinski definition) is 0. The Balaban J connectivity index is 0.00000144. The van der Waals surface area contributed by atoms with Crippen LogP contribution in [0.15, 0.2) is 70.1 Å². The SMILES string of the molecule is CC.Cc1ccc(-n2c(=O)n(SC3CC3COCc3ccccc3)c3c4occc4c(F)c(F)c32)c(F)c1. The molecular weight excluding hydrogens is 513 g/mol. The van der Waals surface area contributed by atoms with Gasteiger partial charge in [-0.1, -0.05) is 50.2 Å². The molecule has 2 aromatic heterocycles. The highest BCUT2D eigenvalue weighted by Gasteiger charge is 2.40. The highest BCUT2D eigenvalue weighted by Crippen LogP contribution is 2.44. The zero-order valence-corrected chi connectivity index (χ0v) is 22.0. The van der Waals surface area contributed by atoms with E-state index in [0.29, 0.717) is 18.8 Å². The van der Waals surface area contributed by atoms with Crippen LogP contribution < -0.4 is 5.69 Å². The molecule has 38 heavy (non-hydrogen) atoms. The summed E-state index contributed by atoms with van der Waals surface area (Å²) in [4.78, 5) is 13.6. The number of benzene rings is 3. The van der Waals surface area contributed by atoms with Gasteiger partial charge in [0.15, 0.2) is 17.2 Å². The number of imidazole rings is 1. The van der Waals surface area contributed by atoms with Crippen LogP contribution >= 0.6 is 11.9 Å². The lowest BCUT2D eigenvalue weighted by Crippen LogP contribution is -2.21. The molecule has 2 unspecified atom stereocenters. The summed E-state index contributed by atoms with van der Waals surface area (Å²) in [7, 11) is 0. The van der Waals surface area contributed by atoms with E-state index in [4.69, 9.17) is 9.15 Å². The maximum Gasteiger partial charge on any atom is 0.344 e. The van der Waals surface area contributed by atoms with Crippen molar-refractivity contribution in [3.05, 3.63) is 99.9 Å². The lowest BCUT2D eigenvalue weighted by molar-refractivity contribution is 0.111. The summed E-state index contributed by atoms with van der Waals surface area (Å²) in [5.41, 5.74) is 0.636. The molecule has 0 spiro atoms. The molecular formula is C29H27F3N2O3S. The van der Waals surface area contributed by atoms with E-state index in [2.05, 4.69) is 0 Å². The molecule has 3 aromatic carbocycles. The summed E-state index contributed by atoms with van der Waals surface area (Å²) >= 11 is 1.21. The van der Waals surface area contributed by atoms with Gasteiger partial charge in [0.2, 0.25) is 0 Å². The van der Waals surface area contributed by atoms with Crippen LogP contribution in [0.25, 0.3) is 27.7 Å². The number of nitrogens with zero attached hydrogens (tertiary/aromatic N) is 2. The normalized spacial score (nSPS) is 16.6. The number of aryl methyl sites for hydroxylation is 1. The zero-order chi connectivity index (χ0) is 27.0. The van der Waals surface area contributed by atoms with Crippen LogP contribution in [0.5, 0.6) is 0 Å². The largest absolute Gasteiger partial charge is 0.462 e. The number of halogens is 3. The molecule has 0 amide bonds. The van der Waals surface area contributed by atoms with Crippen molar-refractivity contribution in [3.8, 4) is 5.69 Å². The molecule has 2 heterocycles. The molecule has 6 rings (SSSR count). The van der Waals surface area contributed by atoms with Crippen LogP contribution in [0.1, 0.15) is 31.4 Å². The number of hydrogen-bond acceptors (Lipinski definition) is 4. The minimum atomic E-state index is -1.23. The van der Waals surface area contributed by atoms with E-state index < -0.39 is 23.1 Å². The molecule has 0 saturated heterocycles. The summed E-state index contributed by atoms with van der Waals surface area (Å²) in [5.74, 6) is -2.89. The molecule has 198 valence electrons. The molecule has 0 bridgehead atoms. The van der Waals surface area contributed by atoms with E-state index in [9.17, 15) is 13.6 Å². The Labute approximate surface area is 222 Å². The van der Waals surface area contributed by atoms with Crippen LogP contribution in [0.3, 0.4) is 0 Å². The van der Waals surface area contributed by atoms with Crippen molar-refractivity contribution in [1.29, 1.82) is 0 Å². The first-order chi connectivity index (χ1) is 18.4. The lowest BCUT2D eigenvalue weighted by Gasteiger charge is -2.07. The van der Waals surface area contributed by atoms with Crippen LogP contribution in [-0.2, 0) is 11.3 Å². The number of aromatic nitrogens is 2. The van der Waals surface area contributed by atoms with Gasteiger partial charge in [-0.3, -0.25) is 4.57 Å². The van der Waals surface area contributed by atoms with Crippen molar-refractivity contribution in [2.24, 2.45) is 5.92 Å². The standard InChI is InChI=1S/C27H21F3N2O3S.C2H6/c1-15-7-8-20(19(28)11-15)31-24-23(30)22(29)18-9-10-35-26(18)25(24)32(27(31)33)36-21-12-17(21)14-34-13-16-5-3-2-4-6-16;1-2/h2-11,17,21H,12-14H2,1H3;1-2H3. The van der Waals surface area contributed by atoms with Crippen LogP contribution in [-0.4, -0.2) is 20.4 Å². The Kier molecular flexibility index (Phi) is 7.40. The topological polar surface area (TPSA) is 49.3 Å². The van der Waals surface area contributed by atoms with E-state index in [1.807, 2.05) is 44.2 Å². The Bertz CT molecular complexity index is 1660. The highest BCUT2D eigenvalue weighted by atomic mass is 32.2. The van der Waals surface area contributed by atoms with E-state index in [1.54, 1.807) is 13.0 Å². The maximum absolute atomic E-state index is 15.4. The third-order valence-electron chi connectivity index (χ3n) is 6.42. The molecule has 1 aliphatic carbocycles. The molecule has 1 aliphatic rings. The van der Waals surface area contributed by atoms with Crippen LogP contribution in [0, 0.1) is 30.3 Å². The van der Waals surface area contributed by atoms with Gasteiger partial charge in [-0.05, 0) is 60.5 Å². The second-order valence-corrected chi connectivity index (χ2v) is 10.2. The first-order valence-electron chi connectivity index (χ1n) is 12.5. The van der Waals surface area contributed by atoms with Crippen molar-refractivity contribution in [1.82, 2.24) is 8.54 Å². The Hall–Kier alpha value is -3.43. The average molecular weight is 541 g/mol. The van der Waals surface area contributed by atoms with Crippen molar-refractivity contribution in [3.63, 3.8) is 0 Å². The molecule has 0 radical (unpaired) electrons. The van der Waals surface area contributed by atoms with Gasteiger partial charge >= 0.3 is 5.69 Å². The van der Waals surface area contributed by atoms with Gasteiger partial charge in [-0.15, -0.1) is 0 Å². The van der Waals surface area contributed by atoms with E-state index >= 15 is 4.39 Å². The predicted octanol–water partition coefficient (Wildman–Crippen LogP) is 7.39. The highest BCUT2D eigenvalue weighted by molar-refractivity contribution is 7.98. The molecule has 0 N–H and O–H groups in total. The summed E-state index contributed by atoms with van der Waals surface area (Å²) in [6.45, 7) is 6.69. The molecule has 1 fully saturated rings. The summed E-state index contributed by atoms with van der Waals surface area (Å²) < 4.78 is 58.7. The van der Waals surface area contributed by atoms with E-state index in [0.717, 1.165) is 16.6 Å². The number of rotatable bonds is 7. The van der Waals surface area contributed by atoms with Crippen LogP contribution in [0.2, 0.25) is 0 Å². The average Bonchev–Trinajstić information content (AvgIpc) is 3.34. The zero-order valence-electron chi connectivity index (χ0n) is 21.2. The minimum Gasteiger partial charge on any atom is -0.462 e. The van der Waals surface area contributed by atoms with Gasteiger partial charge in [0.1, 0.15) is 16.9 Å². The second-order valence-electron chi connectivity index (χ2n) is 9.00. The van der Waals surface area contributed by atoms with Crippen molar-refractivity contribution >= 4 is 34.0 Å². The summed E-state index contributed by atoms with van der Waals surface area (Å²) in [6.07, 6.45) is 2.04.